The third-order valence-corrected chi connectivity index (χ3v) is 1.70. The Hall–Kier alpha value is -1.09. The topological polar surface area (TPSA) is 34.1 Å². The Bertz CT molecular complexity index is 274. The van der Waals surface area contributed by atoms with Crippen LogP contribution >= 0.6 is 0 Å². The number of rotatable bonds is 5. The fraction of sp³-hybridized carbons (Fsp3) is 0.545. The number of nitrogens with one attached hydrogen (secondary N) is 1. The first-order valence-electron chi connectivity index (χ1n) is 4.95. The van der Waals surface area contributed by atoms with Crippen LogP contribution in [0.3, 0.4) is 0 Å². The molecule has 0 spiro atoms. The van der Waals surface area contributed by atoms with Gasteiger partial charge in [-0.3, -0.25) is 0 Å². The van der Waals surface area contributed by atoms with E-state index in [2.05, 4.69) is 24.1 Å². The second-order valence-corrected chi connectivity index (χ2v) is 3.70. The van der Waals surface area contributed by atoms with Crippen LogP contribution in [0.1, 0.15) is 19.5 Å². The standard InChI is InChI=1S/C11H18N2O/c1-9(2)8-14-11-6-4-5-10(13-11)7-12-3/h4-6,9,12H,7-8H2,1-3H3. The summed E-state index contributed by atoms with van der Waals surface area (Å²) in [6.07, 6.45) is 0. The maximum atomic E-state index is 5.52. The predicted molar refractivity (Wildman–Crippen MR) is 57.3 cm³/mol. The molecule has 14 heavy (non-hydrogen) atoms. The Morgan fingerprint density at radius 1 is 1.43 bits per heavy atom. The van der Waals surface area contributed by atoms with Crippen LogP contribution in [0.2, 0.25) is 0 Å². The highest BCUT2D eigenvalue weighted by atomic mass is 16.5. The van der Waals surface area contributed by atoms with Gasteiger partial charge in [0.05, 0.1) is 12.3 Å². The molecule has 78 valence electrons. The van der Waals surface area contributed by atoms with E-state index in [4.69, 9.17) is 4.74 Å². The largest absolute Gasteiger partial charge is 0.477 e. The van der Waals surface area contributed by atoms with Gasteiger partial charge in [0.1, 0.15) is 0 Å². The molecule has 0 aromatic carbocycles. The van der Waals surface area contributed by atoms with Crippen LogP contribution in [-0.2, 0) is 6.54 Å². The Balaban J connectivity index is 2.54. The lowest BCUT2D eigenvalue weighted by Gasteiger charge is -2.08. The highest BCUT2D eigenvalue weighted by Crippen LogP contribution is 2.08. The molecule has 0 fully saturated rings. The summed E-state index contributed by atoms with van der Waals surface area (Å²) < 4.78 is 5.52. The zero-order chi connectivity index (χ0) is 10.4. The molecule has 1 aromatic heterocycles. The van der Waals surface area contributed by atoms with Gasteiger partial charge in [0.2, 0.25) is 5.88 Å². The minimum absolute atomic E-state index is 0.532. The molecule has 0 aliphatic rings. The van der Waals surface area contributed by atoms with E-state index in [-0.39, 0.29) is 0 Å². The van der Waals surface area contributed by atoms with Crippen LogP contribution in [0.5, 0.6) is 5.88 Å². The molecular formula is C11H18N2O. The molecular weight excluding hydrogens is 176 g/mol. The van der Waals surface area contributed by atoms with Crippen molar-refractivity contribution in [1.82, 2.24) is 10.3 Å². The van der Waals surface area contributed by atoms with Crippen LogP contribution in [0.25, 0.3) is 0 Å². The van der Waals surface area contributed by atoms with Gasteiger partial charge in [0.25, 0.3) is 0 Å². The molecule has 1 rings (SSSR count). The van der Waals surface area contributed by atoms with Crippen molar-refractivity contribution >= 4 is 0 Å². The van der Waals surface area contributed by atoms with Gasteiger partial charge in [0, 0.05) is 12.6 Å². The van der Waals surface area contributed by atoms with Gasteiger partial charge in [-0.15, -0.1) is 0 Å². The van der Waals surface area contributed by atoms with Gasteiger partial charge in [-0.1, -0.05) is 19.9 Å². The average molecular weight is 194 g/mol. The summed E-state index contributed by atoms with van der Waals surface area (Å²) in [5, 5.41) is 3.06. The lowest BCUT2D eigenvalue weighted by atomic mass is 10.2. The number of hydrogen-bond donors (Lipinski definition) is 1. The Morgan fingerprint density at radius 3 is 2.86 bits per heavy atom. The van der Waals surface area contributed by atoms with Crippen molar-refractivity contribution in [3.63, 3.8) is 0 Å². The van der Waals surface area contributed by atoms with Crippen molar-refractivity contribution in [3.05, 3.63) is 23.9 Å². The molecule has 0 saturated heterocycles. The van der Waals surface area contributed by atoms with Crippen molar-refractivity contribution < 1.29 is 4.74 Å². The van der Waals surface area contributed by atoms with E-state index in [0.717, 1.165) is 18.8 Å². The first-order chi connectivity index (χ1) is 6.72. The van der Waals surface area contributed by atoms with Crippen molar-refractivity contribution in [2.24, 2.45) is 5.92 Å². The minimum Gasteiger partial charge on any atom is -0.477 e. The summed E-state index contributed by atoms with van der Waals surface area (Å²) in [7, 11) is 1.91. The summed E-state index contributed by atoms with van der Waals surface area (Å²) in [6.45, 7) is 5.74. The van der Waals surface area contributed by atoms with Crippen molar-refractivity contribution in [2.75, 3.05) is 13.7 Å². The predicted octanol–water partition coefficient (Wildman–Crippen LogP) is 1.84. The lowest BCUT2D eigenvalue weighted by molar-refractivity contribution is 0.260. The SMILES string of the molecule is CNCc1cccc(OCC(C)C)n1. The van der Waals surface area contributed by atoms with Crippen molar-refractivity contribution in [3.8, 4) is 5.88 Å². The van der Waals surface area contributed by atoms with Crippen LogP contribution < -0.4 is 10.1 Å². The van der Waals surface area contributed by atoms with Crippen LogP contribution in [0.15, 0.2) is 18.2 Å². The van der Waals surface area contributed by atoms with E-state index in [9.17, 15) is 0 Å². The first-order valence-corrected chi connectivity index (χ1v) is 4.95. The maximum absolute atomic E-state index is 5.52. The van der Waals surface area contributed by atoms with Gasteiger partial charge in [-0.05, 0) is 19.0 Å². The van der Waals surface area contributed by atoms with Gasteiger partial charge < -0.3 is 10.1 Å². The molecule has 0 bridgehead atoms. The number of nitrogens with zero attached hydrogens (tertiary/aromatic N) is 1. The number of ether oxygens (including phenoxy) is 1. The fourth-order valence-electron chi connectivity index (χ4n) is 1.07. The molecule has 0 aliphatic carbocycles. The van der Waals surface area contributed by atoms with E-state index in [1.807, 2.05) is 25.2 Å². The molecule has 1 N–H and O–H groups in total. The van der Waals surface area contributed by atoms with E-state index in [0.29, 0.717) is 11.8 Å². The monoisotopic (exact) mass is 194 g/mol. The Labute approximate surface area is 85.5 Å². The van der Waals surface area contributed by atoms with Gasteiger partial charge in [0.15, 0.2) is 0 Å². The highest BCUT2D eigenvalue weighted by Gasteiger charge is 1.99. The molecule has 3 nitrogen and oxygen atoms in total. The lowest BCUT2D eigenvalue weighted by Crippen LogP contribution is -2.09. The van der Waals surface area contributed by atoms with Gasteiger partial charge in [-0.2, -0.15) is 0 Å². The highest BCUT2D eigenvalue weighted by molar-refractivity contribution is 5.15. The summed E-state index contributed by atoms with van der Waals surface area (Å²) in [4.78, 5) is 4.35. The average Bonchev–Trinajstić information content (AvgIpc) is 2.16. The molecule has 0 saturated carbocycles. The minimum atomic E-state index is 0.532. The summed E-state index contributed by atoms with van der Waals surface area (Å²) in [5.74, 6) is 1.25. The van der Waals surface area contributed by atoms with E-state index >= 15 is 0 Å². The van der Waals surface area contributed by atoms with Gasteiger partial charge in [-0.25, -0.2) is 4.98 Å². The third kappa shape index (κ3) is 3.75. The molecule has 0 atom stereocenters. The smallest absolute Gasteiger partial charge is 0.213 e. The molecule has 1 heterocycles. The second-order valence-electron chi connectivity index (χ2n) is 3.70. The third-order valence-electron chi connectivity index (χ3n) is 1.70. The molecule has 1 aromatic rings. The van der Waals surface area contributed by atoms with Crippen LogP contribution in [-0.4, -0.2) is 18.6 Å². The summed E-state index contributed by atoms with van der Waals surface area (Å²) in [6, 6.07) is 5.84. The zero-order valence-corrected chi connectivity index (χ0v) is 9.08. The fourth-order valence-corrected chi connectivity index (χ4v) is 1.07. The van der Waals surface area contributed by atoms with E-state index < -0.39 is 0 Å². The van der Waals surface area contributed by atoms with E-state index in [1.54, 1.807) is 0 Å². The normalized spacial score (nSPS) is 10.6. The molecule has 0 amide bonds. The second kappa shape index (κ2) is 5.60. The summed E-state index contributed by atoms with van der Waals surface area (Å²) in [5.41, 5.74) is 1.01. The van der Waals surface area contributed by atoms with Crippen molar-refractivity contribution in [2.45, 2.75) is 20.4 Å². The Kier molecular flexibility index (Phi) is 4.40. The summed E-state index contributed by atoms with van der Waals surface area (Å²) >= 11 is 0. The van der Waals surface area contributed by atoms with Crippen LogP contribution in [0, 0.1) is 5.92 Å². The zero-order valence-electron chi connectivity index (χ0n) is 9.08. The molecule has 0 radical (unpaired) electrons. The van der Waals surface area contributed by atoms with Gasteiger partial charge >= 0.3 is 0 Å². The first kappa shape index (κ1) is 11.0. The maximum Gasteiger partial charge on any atom is 0.213 e. The number of hydrogen-bond acceptors (Lipinski definition) is 3. The quantitative estimate of drug-likeness (QED) is 0.776. The van der Waals surface area contributed by atoms with E-state index in [1.165, 1.54) is 0 Å². The number of aromatic nitrogens is 1. The molecule has 0 aliphatic heterocycles. The molecule has 3 heteroatoms. The molecule has 0 unspecified atom stereocenters. The van der Waals surface area contributed by atoms with Crippen LogP contribution in [0.4, 0.5) is 0 Å². The Morgan fingerprint density at radius 2 is 2.21 bits per heavy atom. The number of pyridine rings is 1. The van der Waals surface area contributed by atoms with Crippen molar-refractivity contribution in [1.29, 1.82) is 0 Å².